The Morgan fingerprint density at radius 3 is 2.42 bits per heavy atom. The third-order valence-corrected chi connectivity index (χ3v) is 4.86. The first-order valence-electron chi connectivity index (χ1n) is 8.80. The standard InChI is InChI=1S/C21H25N3/c1-17-4-2-3-13-24(17)16-20-7-5-19(6-8-20)15-23-21-11-9-18(14-22)10-12-21/h5-12,17,23H,2-4,13,15-16H2,1H3. The highest BCUT2D eigenvalue weighted by molar-refractivity contribution is 5.47. The van der Waals surface area contributed by atoms with Crippen LogP contribution in [0, 0.1) is 11.3 Å². The van der Waals surface area contributed by atoms with E-state index < -0.39 is 0 Å². The molecule has 0 radical (unpaired) electrons. The molecule has 0 bridgehead atoms. The van der Waals surface area contributed by atoms with Gasteiger partial charge in [0.15, 0.2) is 0 Å². The van der Waals surface area contributed by atoms with Crippen molar-refractivity contribution >= 4 is 5.69 Å². The molecule has 0 amide bonds. The smallest absolute Gasteiger partial charge is 0.0991 e. The molecular formula is C21H25N3. The summed E-state index contributed by atoms with van der Waals surface area (Å²) in [6.45, 7) is 5.43. The van der Waals surface area contributed by atoms with Crippen molar-refractivity contribution in [2.24, 2.45) is 0 Å². The number of anilines is 1. The lowest BCUT2D eigenvalue weighted by molar-refractivity contribution is 0.152. The van der Waals surface area contributed by atoms with E-state index in [9.17, 15) is 0 Å². The van der Waals surface area contributed by atoms with Gasteiger partial charge in [0, 0.05) is 24.8 Å². The molecule has 3 nitrogen and oxygen atoms in total. The van der Waals surface area contributed by atoms with Gasteiger partial charge in [-0.25, -0.2) is 0 Å². The molecule has 1 fully saturated rings. The van der Waals surface area contributed by atoms with E-state index in [1.807, 2.05) is 24.3 Å². The molecule has 1 atom stereocenters. The average molecular weight is 319 g/mol. The molecule has 0 aliphatic carbocycles. The highest BCUT2D eigenvalue weighted by Gasteiger charge is 2.17. The summed E-state index contributed by atoms with van der Waals surface area (Å²) < 4.78 is 0. The molecule has 1 N–H and O–H groups in total. The fourth-order valence-electron chi connectivity index (χ4n) is 3.26. The van der Waals surface area contributed by atoms with Gasteiger partial charge in [0.2, 0.25) is 0 Å². The maximum absolute atomic E-state index is 8.82. The third-order valence-electron chi connectivity index (χ3n) is 4.86. The summed E-state index contributed by atoms with van der Waals surface area (Å²) in [5.41, 5.74) is 4.40. The molecule has 2 aromatic carbocycles. The van der Waals surface area contributed by atoms with Crippen LogP contribution in [0.15, 0.2) is 48.5 Å². The Kier molecular flexibility index (Phi) is 5.51. The lowest BCUT2D eigenvalue weighted by Crippen LogP contribution is -2.36. The van der Waals surface area contributed by atoms with Crippen molar-refractivity contribution in [2.45, 2.75) is 45.3 Å². The van der Waals surface area contributed by atoms with Gasteiger partial charge in [0.1, 0.15) is 0 Å². The largest absolute Gasteiger partial charge is 0.381 e. The molecule has 3 heteroatoms. The number of piperidine rings is 1. The Morgan fingerprint density at radius 1 is 1.04 bits per heavy atom. The van der Waals surface area contributed by atoms with Gasteiger partial charge < -0.3 is 5.32 Å². The highest BCUT2D eigenvalue weighted by atomic mass is 15.2. The molecule has 24 heavy (non-hydrogen) atoms. The Hall–Kier alpha value is -2.31. The van der Waals surface area contributed by atoms with Crippen LogP contribution in [0.1, 0.15) is 42.9 Å². The van der Waals surface area contributed by atoms with Gasteiger partial charge in [-0.05, 0) is 61.7 Å². The molecule has 0 saturated carbocycles. The zero-order valence-electron chi connectivity index (χ0n) is 14.3. The summed E-state index contributed by atoms with van der Waals surface area (Å²) in [5, 5.41) is 12.2. The molecule has 0 aromatic heterocycles. The zero-order chi connectivity index (χ0) is 16.8. The minimum atomic E-state index is 0.692. The van der Waals surface area contributed by atoms with Gasteiger partial charge in [-0.2, -0.15) is 5.26 Å². The maximum Gasteiger partial charge on any atom is 0.0991 e. The first kappa shape index (κ1) is 16.5. The number of hydrogen-bond acceptors (Lipinski definition) is 3. The summed E-state index contributed by atoms with van der Waals surface area (Å²) in [6.07, 6.45) is 4.03. The van der Waals surface area contributed by atoms with Gasteiger partial charge >= 0.3 is 0 Å². The zero-order valence-corrected chi connectivity index (χ0v) is 14.3. The Labute approximate surface area is 144 Å². The number of nitrogens with zero attached hydrogens (tertiary/aromatic N) is 2. The second kappa shape index (κ2) is 7.99. The van der Waals surface area contributed by atoms with Crippen molar-refractivity contribution in [1.29, 1.82) is 5.26 Å². The van der Waals surface area contributed by atoms with Gasteiger partial charge in [-0.1, -0.05) is 30.7 Å². The quantitative estimate of drug-likeness (QED) is 0.879. The van der Waals surface area contributed by atoms with E-state index in [1.165, 1.54) is 36.9 Å². The molecule has 1 heterocycles. The Balaban J connectivity index is 1.53. The van der Waals surface area contributed by atoms with E-state index in [4.69, 9.17) is 5.26 Å². The van der Waals surface area contributed by atoms with Gasteiger partial charge in [-0.15, -0.1) is 0 Å². The molecular weight excluding hydrogens is 294 g/mol. The number of rotatable bonds is 5. The minimum absolute atomic E-state index is 0.692. The molecule has 1 saturated heterocycles. The third kappa shape index (κ3) is 4.37. The predicted molar refractivity (Wildman–Crippen MR) is 98.6 cm³/mol. The summed E-state index contributed by atoms with van der Waals surface area (Å²) in [5.74, 6) is 0. The van der Waals surface area contributed by atoms with Gasteiger partial charge in [0.05, 0.1) is 11.6 Å². The van der Waals surface area contributed by atoms with E-state index >= 15 is 0 Å². The van der Waals surface area contributed by atoms with Crippen molar-refractivity contribution in [3.8, 4) is 6.07 Å². The van der Waals surface area contributed by atoms with Gasteiger partial charge in [-0.3, -0.25) is 4.90 Å². The van der Waals surface area contributed by atoms with E-state index in [-0.39, 0.29) is 0 Å². The molecule has 1 unspecified atom stereocenters. The summed E-state index contributed by atoms with van der Waals surface area (Å²) in [4.78, 5) is 2.59. The van der Waals surface area contributed by atoms with Crippen molar-refractivity contribution in [3.05, 3.63) is 65.2 Å². The fraction of sp³-hybridized carbons (Fsp3) is 0.381. The Bertz CT molecular complexity index is 683. The van der Waals surface area contributed by atoms with Crippen LogP contribution >= 0.6 is 0 Å². The van der Waals surface area contributed by atoms with E-state index in [0.29, 0.717) is 11.6 Å². The Morgan fingerprint density at radius 2 is 1.75 bits per heavy atom. The number of likely N-dealkylation sites (tertiary alicyclic amines) is 1. The minimum Gasteiger partial charge on any atom is -0.381 e. The van der Waals surface area contributed by atoms with Crippen molar-refractivity contribution < 1.29 is 0 Å². The highest BCUT2D eigenvalue weighted by Crippen LogP contribution is 2.19. The molecule has 1 aliphatic rings. The van der Waals surface area contributed by atoms with E-state index in [0.717, 1.165) is 18.8 Å². The van der Waals surface area contributed by atoms with Crippen LogP contribution in [0.2, 0.25) is 0 Å². The van der Waals surface area contributed by atoms with Crippen LogP contribution in [0.25, 0.3) is 0 Å². The first-order valence-corrected chi connectivity index (χ1v) is 8.80. The SMILES string of the molecule is CC1CCCCN1Cc1ccc(CNc2ccc(C#N)cc2)cc1. The monoisotopic (exact) mass is 319 g/mol. The predicted octanol–water partition coefficient (Wildman–Crippen LogP) is 4.54. The lowest BCUT2D eigenvalue weighted by Gasteiger charge is -2.33. The summed E-state index contributed by atoms with van der Waals surface area (Å²) in [7, 11) is 0. The van der Waals surface area contributed by atoms with Crippen LogP contribution in [0.5, 0.6) is 0 Å². The van der Waals surface area contributed by atoms with Crippen LogP contribution in [-0.4, -0.2) is 17.5 Å². The van der Waals surface area contributed by atoms with Crippen LogP contribution in [-0.2, 0) is 13.1 Å². The summed E-state index contributed by atoms with van der Waals surface area (Å²) in [6, 6.07) is 19.3. The fourth-order valence-corrected chi connectivity index (χ4v) is 3.26. The lowest BCUT2D eigenvalue weighted by atomic mass is 10.0. The number of nitriles is 1. The molecule has 0 spiro atoms. The second-order valence-electron chi connectivity index (χ2n) is 6.67. The topological polar surface area (TPSA) is 39.1 Å². The second-order valence-corrected chi connectivity index (χ2v) is 6.67. The van der Waals surface area contributed by atoms with E-state index in [1.54, 1.807) is 0 Å². The van der Waals surface area contributed by atoms with Crippen molar-refractivity contribution in [1.82, 2.24) is 4.90 Å². The van der Waals surface area contributed by atoms with Crippen molar-refractivity contribution in [2.75, 3.05) is 11.9 Å². The molecule has 1 aliphatic heterocycles. The normalized spacial score (nSPS) is 18.1. The number of benzene rings is 2. The summed E-state index contributed by atoms with van der Waals surface area (Å²) >= 11 is 0. The first-order chi connectivity index (χ1) is 11.7. The molecule has 2 aromatic rings. The average Bonchev–Trinajstić information content (AvgIpc) is 2.63. The maximum atomic E-state index is 8.82. The van der Waals surface area contributed by atoms with Crippen LogP contribution < -0.4 is 5.32 Å². The number of hydrogen-bond donors (Lipinski definition) is 1. The number of nitrogens with one attached hydrogen (secondary N) is 1. The van der Waals surface area contributed by atoms with Gasteiger partial charge in [0.25, 0.3) is 0 Å². The van der Waals surface area contributed by atoms with Crippen LogP contribution in [0.3, 0.4) is 0 Å². The van der Waals surface area contributed by atoms with Crippen LogP contribution in [0.4, 0.5) is 5.69 Å². The van der Waals surface area contributed by atoms with Crippen molar-refractivity contribution in [3.63, 3.8) is 0 Å². The van der Waals surface area contributed by atoms with E-state index in [2.05, 4.69) is 47.5 Å². The molecule has 124 valence electrons. The molecule has 3 rings (SSSR count).